The molecular weight excluding hydrogens is 1410 g/mol. The van der Waals surface area contributed by atoms with Crippen molar-refractivity contribution in [3.05, 3.63) is 12.2 Å². The van der Waals surface area contributed by atoms with Gasteiger partial charge >= 0.3 is 18.0 Å². The molecule has 31 heteroatoms. The number of nitrogens with zero attached hydrogens (tertiary/aromatic N) is 8. The topological polar surface area (TPSA) is 370 Å². The van der Waals surface area contributed by atoms with Crippen molar-refractivity contribution in [3.63, 3.8) is 0 Å². The van der Waals surface area contributed by atoms with Gasteiger partial charge in [0.25, 0.3) is 0 Å². The van der Waals surface area contributed by atoms with Gasteiger partial charge < -0.3 is 79.6 Å². The average molecular weight is 1550 g/mol. The number of hydrogen-bond acceptors (Lipinski definition) is 19. The van der Waals surface area contributed by atoms with E-state index >= 15 is 14.4 Å². The molecule has 109 heavy (non-hydrogen) atoms. The second kappa shape index (κ2) is 46.0. The van der Waals surface area contributed by atoms with Crippen LogP contribution in [0.4, 0.5) is 4.79 Å². The van der Waals surface area contributed by atoms with Crippen molar-refractivity contribution in [1.29, 1.82) is 0 Å². The van der Waals surface area contributed by atoms with Crippen LogP contribution in [0.2, 0.25) is 0 Å². The number of rotatable bonds is 44. The summed E-state index contributed by atoms with van der Waals surface area (Å²) in [5.74, 6) is -12.2. The molecule has 0 heterocycles. The van der Waals surface area contributed by atoms with E-state index in [2.05, 4.69) is 21.3 Å². The summed E-state index contributed by atoms with van der Waals surface area (Å²) in [6.45, 7) is 39.2. The van der Waals surface area contributed by atoms with Crippen molar-refractivity contribution in [2.75, 3.05) is 82.7 Å². The van der Waals surface area contributed by atoms with Gasteiger partial charge in [0.1, 0.15) is 84.8 Å². The zero-order valence-corrected chi connectivity index (χ0v) is 71.9. The number of aliphatic hydroxyl groups is 1. The molecule has 0 radical (unpaired) electrons. The lowest BCUT2D eigenvalue weighted by Crippen LogP contribution is -2.63. The van der Waals surface area contributed by atoms with E-state index in [1.54, 1.807) is 96.1 Å². The third kappa shape index (κ3) is 32.5. The van der Waals surface area contributed by atoms with Crippen molar-refractivity contribution >= 4 is 83.0 Å². The first-order chi connectivity index (χ1) is 50.0. The number of carbonyl (C=O) groups is 14. The number of hydrogen-bond donors (Lipinski definition) is 5. The lowest BCUT2D eigenvalue weighted by Gasteiger charge is -2.42. The molecule has 0 unspecified atom stereocenters. The number of amides is 12. The molecule has 0 aromatic carbocycles. The van der Waals surface area contributed by atoms with Crippen LogP contribution in [0.3, 0.4) is 0 Å². The van der Waals surface area contributed by atoms with Gasteiger partial charge in [-0.15, -0.1) is 0 Å². The van der Waals surface area contributed by atoms with Gasteiger partial charge in [0.15, 0.2) is 0 Å². The molecule has 0 bridgehead atoms. The highest BCUT2D eigenvalue weighted by Gasteiger charge is 2.47. The molecule has 0 saturated heterocycles. The minimum Gasteiger partial charge on any atom is -0.462 e. The quantitative estimate of drug-likeness (QED) is 0.0303. The second-order valence-corrected chi connectivity index (χ2v) is 32.9. The van der Waals surface area contributed by atoms with E-state index < -0.39 is 185 Å². The molecule has 0 rings (SSSR count). The molecule has 0 aliphatic rings. The van der Waals surface area contributed by atoms with Gasteiger partial charge in [0, 0.05) is 76.1 Å². The predicted molar refractivity (Wildman–Crippen MR) is 415 cm³/mol. The van der Waals surface area contributed by atoms with Crippen LogP contribution in [0.1, 0.15) is 198 Å². The molecule has 0 aliphatic carbocycles. The number of carbonyl (C=O) groups excluding carboxylic acids is 14. The third-order valence-electron chi connectivity index (χ3n) is 19.0. The van der Waals surface area contributed by atoms with E-state index in [0.717, 1.165) is 16.7 Å². The zero-order chi connectivity index (χ0) is 85.1. The third-order valence-corrected chi connectivity index (χ3v) is 19.0. The van der Waals surface area contributed by atoms with E-state index in [-0.39, 0.29) is 75.7 Å². The van der Waals surface area contributed by atoms with Crippen molar-refractivity contribution < 1.29 is 91.2 Å². The fourth-order valence-electron chi connectivity index (χ4n) is 12.3. The van der Waals surface area contributed by atoms with Gasteiger partial charge in [-0.3, -0.25) is 62.4 Å². The Hall–Kier alpha value is -7.96. The van der Waals surface area contributed by atoms with Crippen LogP contribution in [0.5, 0.6) is 0 Å². The maximum absolute atomic E-state index is 15.3. The fourth-order valence-corrected chi connectivity index (χ4v) is 12.3. The highest BCUT2D eigenvalue weighted by Crippen LogP contribution is 2.28. The Morgan fingerprint density at radius 2 is 0.945 bits per heavy atom. The molecule has 12 amide bonds. The van der Waals surface area contributed by atoms with Crippen LogP contribution in [0, 0.1) is 41.4 Å². The molecule has 0 saturated carbocycles. The molecule has 0 aromatic heterocycles. The van der Waals surface area contributed by atoms with Gasteiger partial charge in [-0.1, -0.05) is 102 Å². The van der Waals surface area contributed by atoms with Crippen LogP contribution in [-0.2, 0) is 81.3 Å². The molecule has 31 nitrogen and oxygen atoms in total. The number of esters is 2. The van der Waals surface area contributed by atoms with Crippen molar-refractivity contribution in [3.8, 4) is 0 Å². The van der Waals surface area contributed by atoms with Crippen molar-refractivity contribution in [2.24, 2.45) is 41.4 Å². The SMILES string of the molecule is C/C=C/C[C@@H](C)[C@@H](OC(C)=O)[C@@H](C(=O)N[C@@H](CC)C(=O)OCCN(C)C(C)=O)N(C)C(=O)[C@H](C(C)C)N(C)C(=O)[C@H](CC(C)C)N(C)C(=O)[C@H](CC(C)C)N(C)C(=O)[C@@H](C)NC(=O)[C@H](C)NC(=O)[C@H](CC(C)C)N(C)C(=O)[C@@H](NC(=O)[C@H]([C@H](C)COCC(C)(C)O)N(C)C(=O)[C@@H](C)N(C)C(=O)OC(C)(C)C)C(C)C. The van der Waals surface area contributed by atoms with Crippen LogP contribution in [0.25, 0.3) is 0 Å². The van der Waals surface area contributed by atoms with Gasteiger partial charge in [0.2, 0.25) is 65.0 Å². The van der Waals surface area contributed by atoms with E-state index in [9.17, 15) is 57.8 Å². The first kappa shape index (κ1) is 101. The lowest BCUT2D eigenvalue weighted by molar-refractivity contribution is -0.164. The summed E-state index contributed by atoms with van der Waals surface area (Å²) in [6.07, 6.45) is 2.15. The van der Waals surface area contributed by atoms with Gasteiger partial charge in [-0.25, -0.2) is 9.59 Å². The molecule has 14 atom stereocenters. The maximum atomic E-state index is 15.3. The van der Waals surface area contributed by atoms with Gasteiger partial charge in [-0.05, 0) is 130 Å². The summed E-state index contributed by atoms with van der Waals surface area (Å²) in [7, 11) is 11.3. The minimum absolute atomic E-state index is 0.0529. The summed E-state index contributed by atoms with van der Waals surface area (Å²) < 4.78 is 22.6. The first-order valence-corrected chi connectivity index (χ1v) is 38.2. The largest absolute Gasteiger partial charge is 0.462 e. The zero-order valence-electron chi connectivity index (χ0n) is 71.9. The molecule has 626 valence electrons. The van der Waals surface area contributed by atoms with Crippen molar-refractivity contribution in [1.82, 2.24) is 60.5 Å². The first-order valence-electron chi connectivity index (χ1n) is 38.2. The Morgan fingerprint density at radius 3 is 1.39 bits per heavy atom. The van der Waals surface area contributed by atoms with Crippen LogP contribution >= 0.6 is 0 Å². The summed E-state index contributed by atoms with van der Waals surface area (Å²) >= 11 is 0. The highest BCUT2D eigenvalue weighted by molar-refractivity contribution is 5.99. The monoisotopic (exact) mass is 1550 g/mol. The Bertz CT molecular complexity index is 3070. The summed E-state index contributed by atoms with van der Waals surface area (Å²) in [5.41, 5.74) is -2.11. The molecule has 0 fully saturated rings. The number of ether oxygens (including phenoxy) is 4. The molecule has 0 aromatic rings. The summed E-state index contributed by atoms with van der Waals surface area (Å²) in [4.78, 5) is 208. The summed E-state index contributed by atoms with van der Waals surface area (Å²) in [5, 5.41) is 21.3. The summed E-state index contributed by atoms with van der Waals surface area (Å²) in [6, 6.07) is -14.1. The van der Waals surface area contributed by atoms with E-state index in [4.69, 9.17) is 18.9 Å². The fraction of sp³-hybridized carbons (Fsp3) is 0.795. The normalized spacial score (nSPS) is 15.8. The number of allylic oxidation sites excluding steroid dienone is 2. The molecule has 5 N–H and O–H groups in total. The number of likely N-dealkylation sites (N-methyl/N-ethyl adjacent to an activating group) is 8. The predicted octanol–water partition coefficient (Wildman–Crippen LogP) is 5.02. The Kier molecular flexibility index (Phi) is 42.6. The van der Waals surface area contributed by atoms with Gasteiger partial charge in [-0.2, -0.15) is 0 Å². The van der Waals surface area contributed by atoms with Crippen LogP contribution in [0.15, 0.2) is 12.2 Å². The Morgan fingerprint density at radius 1 is 0.486 bits per heavy atom. The van der Waals surface area contributed by atoms with E-state index in [0.29, 0.717) is 6.42 Å². The lowest BCUT2D eigenvalue weighted by atomic mass is 9.91. The number of nitrogens with one attached hydrogen (secondary N) is 4. The maximum Gasteiger partial charge on any atom is 0.410 e. The minimum atomic E-state index is -1.58. The molecule has 0 spiro atoms. The average Bonchev–Trinajstić information content (AvgIpc) is 0.774. The Labute approximate surface area is 650 Å². The molecular formula is C78H140N12O19. The molecule has 0 aliphatic heterocycles. The van der Waals surface area contributed by atoms with E-state index in [1.807, 2.05) is 47.6 Å². The van der Waals surface area contributed by atoms with E-state index in [1.165, 1.54) is 113 Å². The van der Waals surface area contributed by atoms with Gasteiger partial charge in [0.05, 0.1) is 25.4 Å². The standard InChI is InChI=1S/C78H140N12O19/c1-33-35-36-49(13)64(108-55(19)92)63(68(96)81-56(34-2)75(103)107-38-37-83(25)54(18)91)90(32)74(102)61(48(11)12)88(30)72(100)59(41-46(7)8)87(29)71(99)58(40-45(5)6)86(28)69(97)52(16)80-65(93)51(15)79-66(94)57(39-44(3)4)85(27)73(101)60(47(9)10)82-67(95)62(50(14)42-106-43-78(23,24)105)89(31)70(98)53(17)84(26)76(104)109-77(20,21)22/h33,35,44-53,56-64,105H,34,36-43H2,1-32H3,(H,79,94)(H,80,93)(H,81,96)(H,82,95)/b35-33+/t49-,50-,51+,52-,53-,56+,57+,58+,59+,60+,61+,62+,63+,64-/m1/s1. The van der Waals surface area contributed by atoms with Crippen molar-refractivity contribution in [2.45, 2.75) is 282 Å². The Balaban J connectivity index is 7.28. The second-order valence-electron chi connectivity index (χ2n) is 32.9. The van der Waals surface area contributed by atoms with Crippen LogP contribution in [-0.4, -0.2) is 294 Å². The highest BCUT2D eigenvalue weighted by atomic mass is 16.6. The smallest absolute Gasteiger partial charge is 0.410 e. The van der Waals surface area contributed by atoms with Crippen LogP contribution < -0.4 is 21.3 Å².